The van der Waals surface area contributed by atoms with Crippen molar-refractivity contribution in [2.24, 2.45) is 0 Å². The van der Waals surface area contributed by atoms with Gasteiger partial charge in [-0.2, -0.15) is 0 Å². The molecule has 0 bridgehead atoms. The summed E-state index contributed by atoms with van der Waals surface area (Å²) in [6.07, 6.45) is 7.32. The van der Waals surface area contributed by atoms with E-state index in [1.807, 2.05) is 18.3 Å². The lowest BCUT2D eigenvalue weighted by molar-refractivity contribution is 0.114. The van der Waals surface area contributed by atoms with E-state index in [2.05, 4.69) is 48.8 Å². The SMILES string of the molecule is c1ccc(CN2Cc3cccn3CC(Oc3ncccn3)C2)nc1. The van der Waals surface area contributed by atoms with Crippen LogP contribution >= 0.6 is 0 Å². The third kappa shape index (κ3) is 3.44. The van der Waals surface area contributed by atoms with Crippen molar-refractivity contribution in [2.75, 3.05) is 6.54 Å². The maximum atomic E-state index is 6.02. The molecule has 0 spiro atoms. The normalized spacial score (nSPS) is 17.9. The van der Waals surface area contributed by atoms with E-state index in [-0.39, 0.29) is 6.10 Å². The Hall–Kier alpha value is -2.73. The molecule has 1 unspecified atom stereocenters. The highest BCUT2D eigenvalue weighted by Gasteiger charge is 2.23. The maximum absolute atomic E-state index is 6.02. The molecule has 24 heavy (non-hydrogen) atoms. The molecular weight excluding hydrogens is 302 g/mol. The summed E-state index contributed by atoms with van der Waals surface area (Å²) < 4.78 is 8.27. The van der Waals surface area contributed by atoms with Gasteiger partial charge in [0.05, 0.1) is 12.2 Å². The van der Waals surface area contributed by atoms with Crippen LogP contribution in [0.1, 0.15) is 11.4 Å². The van der Waals surface area contributed by atoms with Crippen LogP contribution in [0, 0.1) is 0 Å². The van der Waals surface area contributed by atoms with Crippen LogP contribution in [0.4, 0.5) is 0 Å². The summed E-state index contributed by atoms with van der Waals surface area (Å²) >= 11 is 0. The predicted molar refractivity (Wildman–Crippen MR) is 89.2 cm³/mol. The highest BCUT2D eigenvalue weighted by Crippen LogP contribution is 2.18. The van der Waals surface area contributed by atoms with E-state index in [4.69, 9.17) is 4.74 Å². The van der Waals surface area contributed by atoms with Gasteiger partial charge in [-0.15, -0.1) is 0 Å². The van der Waals surface area contributed by atoms with Crippen molar-refractivity contribution in [3.63, 3.8) is 0 Å². The van der Waals surface area contributed by atoms with Crippen molar-refractivity contribution in [3.05, 3.63) is 72.6 Å². The maximum Gasteiger partial charge on any atom is 0.316 e. The van der Waals surface area contributed by atoms with Gasteiger partial charge in [-0.05, 0) is 30.3 Å². The number of rotatable bonds is 4. The lowest BCUT2D eigenvalue weighted by Gasteiger charge is -2.23. The van der Waals surface area contributed by atoms with Crippen LogP contribution in [-0.4, -0.2) is 37.1 Å². The zero-order chi connectivity index (χ0) is 16.2. The predicted octanol–water partition coefficient (Wildman–Crippen LogP) is 2.14. The van der Waals surface area contributed by atoms with E-state index in [0.717, 1.165) is 31.9 Å². The lowest BCUT2D eigenvalue weighted by atomic mass is 10.2. The van der Waals surface area contributed by atoms with Crippen LogP contribution < -0.4 is 4.74 Å². The van der Waals surface area contributed by atoms with E-state index in [9.17, 15) is 0 Å². The molecular formula is C18H19N5O. The van der Waals surface area contributed by atoms with Gasteiger partial charge in [0.25, 0.3) is 0 Å². The second-order valence-electron chi connectivity index (χ2n) is 5.91. The number of aromatic nitrogens is 4. The fourth-order valence-electron chi connectivity index (χ4n) is 3.04. The summed E-state index contributed by atoms with van der Waals surface area (Å²) in [5, 5.41) is 0. The molecule has 0 amide bonds. The Kier molecular flexibility index (Phi) is 4.20. The van der Waals surface area contributed by atoms with Crippen molar-refractivity contribution in [1.29, 1.82) is 0 Å². The highest BCUT2D eigenvalue weighted by atomic mass is 16.5. The molecule has 0 aliphatic carbocycles. The zero-order valence-electron chi connectivity index (χ0n) is 13.3. The average molecular weight is 321 g/mol. The molecule has 0 radical (unpaired) electrons. The van der Waals surface area contributed by atoms with Gasteiger partial charge < -0.3 is 9.30 Å². The summed E-state index contributed by atoms with van der Waals surface area (Å²) in [4.78, 5) is 15.2. The van der Waals surface area contributed by atoms with Gasteiger partial charge in [0.1, 0.15) is 6.10 Å². The van der Waals surface area contributed by atoms with Crippen molar-refractivity contribution >= 4 is 0 Å². The van der Waals surface area contributed by atoms with Crippen LogP contribution in [0.5, 0.6) is 6.01 Å². The second-order valence-corrected chi connectivity index (χ2v) is 5.91. The van der Waals surface area contributed by atoms with Crippen LogP contribution in [0.3, 0.4) is 0 Å². The van der Waals surface area contributed by atoms with E-state index in [1.54, 1.807) is 18.5 Å². The van der Waals surface area contributed by atoms with Gasteiger partial charge in [-0.3, -0.25) is 9.88 Å². The molecule has 1 aliphatic heterocycles. The number of pyridine rings is 1. The van der Waals surface area contributed by atoms with Crippen molar-refractivity contribution < 1.29 is 4.74 Å². The molecule has 6 nitrogen and oxygen atoms in total. The number of ether oxygens (including phenoxy) is 1. The Morgan fingerprint density at radius 3 is 2.67 bits per heavy atom. The summed E-state index contributed by atoms with van der Waals surface area (Å²) in [5.74, 6) is 0. The Labute approximate surface area is 140 Å². The first-order chi connectivity index (χ1) is 11.9. The molecule has 0 fully saturated rings. The minimum atomic E-state index is -0.00948. The summed E-state index contributed by atoms with van der Waals surface area (Å²) in [5.41, 5.74) is 2.35. The topological polar surface area (TPSA) is 56.1 Å². The molecule has 122 valence electrons. The van der Waals surface area contributed by atoms with Gasteiger partial charge in [0.2, 0.25) is 0 Å². The first-order valence-electron chi connectivity index (χ1n) is 8.07. The summed E-state index contributed by atoms with van der Waals surface area (Å²) in [7, 11) is 0. The summed E-state index contributed by atoms with van der Waals surface area (Å²) in [6, 6.07) is 12.5. The third-order valence-corrected chi connectivity index (χ3v) is 4.10. The van der Waals surface area contributed by atoms with E-state index in [0.29, 0.717) is 6.01 Å². The highest BCUT2D eigenvalue weighted by molar-refractivity contribution is 5.10. The van der Waals surface area contributed by atoms with Gasteiger partial charge in [0, 0.05) is 50.1 Å². The Balaban J connectivity index is 1.54. The molecule has 6 heteroatoms. The minimum absolute atomic E-state index is 0.00948. The quantitative estimate of drug-likeness (QED) is 0.737. The third-order valence-electron chi connectivity index (χ3n) is 4.10. The number of fused-ring (bicyclic) bond motifs is 1. The minimum Gasteiger partial charge on any atom is -0.457 e. The number of hydrogen-bond donors (Lipinski definition) is 0. The molecule has 4 rings (SSSR count). The molecule has 0 saturated carbocycles. The van der Waals surface area contributed by atoms with E-state index < -0.39 is 0 Å². The lowest BCUT2D eigenvalue weighted by Crippen LogP contribution is -2.35. The zero-order valence-corrected chi connectivity index (χ0v) is 13.3. The van der Waals surface area contributed by atoms with Crippen molar-refractivity contribution in [1.82, 2.24) is 24.4 Å². The Bertz CT molecular complexity index is 710. The molecule has 0 N–H and O–H groups in total. The Morgan fingerprint density at radius 2 is 1.83 bits per heavy atom. The number of hydrogen-bond acceptors (Lipinski definition) is 5. The van der Waals surface area contributed by atoms with Crippen molar-refractivity contribution in [3.8, 4) is 6.01 Å². The monoisotopic (exact) mass is 321 g/mol. The molecule has 1 atom stereocenters. The largest absolute Gasteiger partial charge is 0.457 e. The van der Waals surface area contributed by atoms with Crippen molar-refractivity contribution in [2.45, 2.75) is 25.7 Å². The van der Waals surface area contributed by atoms with Crippen LogP contribution in [0.2, 0.25) is 0 Å². The van der Waals surface area contributed by atoms with Gasteiger partial charge in [0.15, 0.2) is 0 Å². The molecule has 0 aromatic carbocycles. The molecule has 3 aromatic rings. The average Bonchev–Trinajstić information content (AvgIpc) is 2.96. The fraction of sp³-hybridized carbons (Fsp3) is 0.278. The molecule has 4 heterocycles. The van der Waals surface area contributed by atoms with Gasteiger partial charge in [-0.1, -0.05) is 6.07 Å². The number of nitrogens with zero attached hydrogens (tertiary/aromatic N) is 5. The fourth-order valence-corrected chi connectivity index (χ4v) is 3.04. The van der Waals surface area contributed by atoms with Crippen LogP contribution in [0.15, 0.2) is 61.2 Å². The van der Waals surface area contributed by atoms with Gasteiger partial charge >= 0.3 is 6.01 Å². The van der Waals surface area contributed by atoms with E-state index in [1.165, 1.54) is 5.69 Å². The van der Waals surface area contributed by atoms with Crippen LogP contribution in [0.25, 0.3) is 0 Å². The van der Waals surface area contributed by atoms with Crippen LogP contribution in [-0.2, 0) is 19.6 Å². The molecule has 3 aromatic heterocycles. The Morgan fingerprint density at radius 1 is 0.958 bits per heavy atom. The molecule has 1 aliphatic rings. The first kappa shape index (κ1) is 14.8. The standard InChI is InChI=1S/C18H19N5O/c1-2-7-19-15(5-1)11-22-12-16-6-3-10-23(16)14-17(13-22)24-18-20-8-4-9-21-18/h1-10,17H,11-14H2. The van der Waals surface area contributed by atoms with E-state index >= 15 is 0 Å². The molecule has 0 saturated heterocycles. The smallest absolute Gasteiger partial charge is 0.316 e. The second kappa shape index (κ2) is 6.80. The first-order valence-corrected chi connectivity index (χ1v) is 8.07. The summed E-state index contributed by atoms with van der Waals surface area (Å²) in [6.45, 7) is 3.26. The van der Waals surface area contributed by atoms with Gasteiger partial charge in [-0.25, -0.2) is 9.97 Å².